The molecule has 6 heteroatoms. The first-order valence-electron chi connectivity index (χ1n) is 10.2. The van der Waals surface area contributed by atoms with Gasteiger partial charge in [-0.25, -0.2) is 0 Å². The maximum atomic E-state index is 12.6. The van der Waals surface area contributed by atoms with E-state index in [1.165, 1.54) is 32.2 Å². The summed E-state index contributed by atoms with van der Waals surface area (Å²) in [4.78, 5) is 21.9. The summed E-state index contributed by atoms with van der Waals surface area (Å²) in [5.74, 6) is 1.58. The Labute approximate surface area is 152 Å². The van der Waals surface area contributed by atoms with Gasteiger partial charge in [0.25, 0.3) is 0 Å². The molecule has 142 valence electrons. The third-order valence-electron chi connectivity index (χ3n) is 6.02. The maximum Gasteiger partial charge on any atom is 0.225 e. The zero-order valence-corrected chi connectivity index (χ0v) is 16.0. The van der Waals surface area contributed by atoms with Gasteiger partial charge in [0.15, 0.2) is 5.96 Å². The van der Waals surface area contributed by atoms with Crippen molar-refractivity contribution in [2.75, 3.05) is 39.8 Å². The van der Waals surface area contributed by atoms with Crippen LogP contribution in [-0.2, 0) is 4.79 Å². The minimum Gasteiger partial charge on any atom is -0.357 e. The predicted octanol–water partition coefficient (Wildman–Crippen LogP) is 1.43. The second-order valence-electron chi connectivity index (χ2n) is 7.89. The van der Waals surface area contributed by atoms with Crippen LogP contribution in [0.15, 0.2) is 4.99 Å². The van der Waals surface area contributed by atoms with Gasteiger partial charge in [-0.3, -0.25) is 9.79 Å². The molecule has 0 aromatic rings. The van der Waals surface area contributed by atoms with Gasteiger partial charge in [0.1, 0.15) is 0 Å². The number of hydrogen-bond acceptors (Lipinski definition) is 3. The van der Waals surface area contributed by atoms with Crippen LogP contribution in [0.3, 0.4) is 0 Å². The van der Waals surface area contributed by atoms with Gasteiger partial charge in [-0.2, -0.15) is 0 Å². The Morgan fingerprint density at radius 3 is 2.60 bits per heavy atom. The Balaban J connectivity index is 1.49. The van der Waals surface area contributed by atoms with Crippen LogP contribution in [0.2, 0.25) is 0 Å². The molecular formula is C19H35N5O. The first-order valence-corrected chi connectivity index (χ1v) is 10.2. The van der Waals surface area contributed by atoms with Crippen molar-refractivity contribution < 1.29 is 4.79 Å². The molecule has 3 aliphatic rings. The fourth-order valence-electron chi connectivity index (χ4n) is 4.43. The highest BCUT2D eigenvalue weighted by atomic mass is 16.2. The highest BCUT2D eigenvalue weighted by molar-refractivity contribution is 5.81. The summed E-state index contributed by atoms with van der Waals surface area (Å²) in [6.45, 7) is 6.71. The van der Waals surface area contributed by atoms with Crippen molar-refractivity contribution in [2.24, 2.45) is 10.9 Å². The molecule has 6 nitrogen and oxygen atoms in total. The van der Waals surface area contributed by atoms with E-state index in [0.29, 0.717) is 23.9 Å². The number of likely N-dealkylation sites (N-methyl/N-ethyl adjacent to an activating group) is 1. The van der Waals surface area contributed by atoms with Crippen LogP contribution in [0.25, 0.3) is 0 Å². The summed E-state index contributed by atoms with van der Waals surface area (Å²) in [7, 11) is 2.19. The van der Waals surface area contributed by atoms with E-state index in [4.69, 9.17) is 4.99 Å². The minimum atomic E-state index is 0.290. The van der Waals surface area contributed by atoms with E-state index in [-0.39, 0.29) is 0 Å². The second-order valence-corrected chi connectivity index (χ2v) is 7.89. The molecule has 0 aromatic carbocycles. The molecule has 2 saturated heterocycles. The van der Waals surface area contributed by atoms with Crippen LogP contribution in [0.1, 0.15) is 51.9 Å². The zero-order chi connectivity index (χ0) is 17.6. The van der Waals surface area contributed by atoms with Crippen LogP contribution in [0.4, 0.5) is 0 Å². The first-order chi connectivity index (χ1) is 12.2. The monoisotopic (exact) mass is 349 g/mol. The SMILES string of the molecule is CCNC(=NCC1CCCN1C)NC1CCN(C(=O)C2CCCC2)C1. The van der Waals surface area contributed by atoms with Crippen molar-refractivity contribution >= 4 is 11.9 Å². The highest BCUT2D eigenvalue weighted by Gasteiger charge is 2.32. The summed E-state index contributed by atoms with van der Waals surface area (Å²) in [6, 6.07) is 0.893. The molecule has 0 aromatic heterocycles. The molecule has 25 heavy (non-hydrogen) atoms. The van der Waals surface area contributed by atoms with E-state index in [1.807, 2.05) is 0 Å². The third-order valence-corrected chi connectivity index (χ3v) is 6.02. The quantitative estimate of drug-likeness (QED) is 0.582. The number of aliphatic imine (C=N–C) groups is 1. The van der Waals surface area contributed by atoms with Gasteiger partial charge in [0.05, 0.1) is 6.54 Å². The lowest BCUT2D eigenvalue weighted by molar-refractivity contribution is -0.134. The molecule has 3 rings (SSSR count). The molecular weight excluding hydrogens is 314 g/mol. The molecule has 2 aliphatic heterocycles. The molecule has 2 atom stereocenters. The Bertz CT molecular complexity index is 474. The molecule has 1 amide bonds. The standard InChI is InChI=1S/C19H35N5O/c1-3-20-19(21-13-17-9-6-11-23(17)2)22-16-10-12-24(14-16)18(25)15-7-4-5-8-15/h15-17H,3-14H2,1-2H3,(H2,20,21,22). The van der Waals surface area contributed by atoms with Gasteiger partial charge >= 0.3 is 0 Å². The molecule has 0 bridgehead atoms. The molecule has 1 aliphatic carbocycles. The summed E-state index contributed by atoms with van der Waals surface area (Å²) in [5, 5.41) is 6.92. The fourth-order valence-corrected chi connectivity index (χ4v) is 4.43. The lowest BCUT2D eigenvalue weighted by Crippen LogP contribution is -2.46. The zero-order valence-electron chi connectivity index (χ0n) is 16.0. The van der Waals surface area contributed by atoms with Crippen LogP contribution < -0.4 is 10.6 Å². The highest BCUT2D eigenvalue weighted by Crippen LogP contribution is 2.27. The first kappa shape index (κ1) is 18.5. The number of nitrogens with zero attached hydrogens (tertiary/aromatic N) is 3. The number of rotatable bonds is 5. The van der Waals surface area contributed by atoms with E-state index in [1.54, 1.807) is 0 Å². The summed E-state index contributed by atoms with van der Waals surface area (Å²) >= 11 is 0. The molecule has 2 unspecified atom stereocenters. The van der Waals surface area contributed by atoms with Crippen molar-refractivity contribution in [1.29, 1.82) is 0 Å². The molecule has 2 heterocycles. The van der Waals surface area contributed by atoms with E-state index < -0.39 is 0 Å². The summed E-state index contributed by atoms with van der Waals surface area (Å²) in [5.41, 5.74) is 0. The lowest BCUT2D eigenvalue weighted by Gasteiger charge is -2.22. The average Bonchev–Trinajstić information content (AvgIpc) is 3.35. The number of nitrogens with one attached hydrogen (secondary N) is 2. The second kappa shape index (κ2) is 8.88. The number of guanidine groups is 1. The summed E-state index contributed by atoms with van der Waals surface area (Å²) < 4.78 is 0. The van der Waals surface area contributed by atoms with Gasteiger partial charge in [0, 0.05) is 37.6 Å². The molecule has 1 saturated carbocycles. The minimum absolute atomic E-state index is 0.290. The van der Waals surface area contributed by atoms with Gasteiger partial charge in [-0.05, 0) is 52.6 Å². The van der Waals surface area contributed by atoms with E-state index >= 15 is 0 Å². The van der Waals surface area contributed by atoms with Crippen molar-refractivity contribution in [3.05, 3.63) is 0 Å². The predicted molar refractivity (Wildman–Crippen MR) is 102 cm³/mol. The van der Waals surface area contributed by atoms with Crippen molar-refractivity contribution in [1.82, 2.24) is 20.4 Å². The van der Waals surface area contributed by atoms with Gasteiger partial charge < -0.3 is 20.4 Å². The fraction of sp³-hybridized carbons (Fsp3) is 0.895. The van der Waals surface area contributed by atoms with Gasteiger partial charge in [0.2, 0.25) is 5.91 Å². The Hall–Kier alpha value is -1.30. The van der Waals surface area contributed by atoms with E-state index in [9.17, 15) is 4.79 Å². The van der Waals surface area contributed by atoms with Crippen molar-refractivity contribution in [3.8, 4) is 0 Å². The van der Waals surface area contributed by atoms with Crippen molar-refractivity contribution in [2.45, 2.75) is 64.0 Å². The van der Waals surface area contributed by atoms with E-state index in [2.05, 4.69) is 34.4 Å². The molecule has 2 N–H and O–H groups in total. The average molecular weight is 350 g/mol. The van der Waals surface area contributed by atoms with Crippen LogP contribution in [0.5, 0.6) is 0 Å². The molecule has 0 spiro atoms. The Kier molecular flexibility index (Phi) is 6.57. The number of amides is 1. The third kappa shape index (κ3) is 4.87. The van der Waals surface area contributed by atoms with Crippen LogP contribution >= 0.6 is 0 Å². The number of hydrogen-bond donors (Lipinski definition) is 2. The Morgan fingerprint density at radius 2 is 1.92 bits per heavy atom. The largest absolute Gasteiger partial charge is 0.357 e. The molecule has 0 radical (unpaired) electrons. The normalized spacial score (nSPS) is 28.7. The lowest BCUT2D eigenvalue weighted by atomic mass is 10.1. The van der Waals surface area contributed by atoms with Crippen LogP contribution in [-0.4, -0.2) is 73.5 Å². The van der Waals surface area contributed by atoms with Crippen molar-refractivity contribution in [3.63, 3.8) is 0 Å². The smallest absolute Gasteiger partial charge is 0.225 e. The molecule has 3 fully saturated rings. The number of carbonyl (C=O) groups excluding carboxylic acids is 1. The Morgan fingerprint density at radius 1 is 1.12 bits per heavy atom. The number of likely N-dealkylation sites (tertiary alicyclic amines) is 2. The van der Waals surface area contributed by atoms with Gasteiger partial charge in [-0.15, -0.1) is 0 Å². The van der Waals surface area contributed by atoms with Crippen LogP contribution in [0, 0.1) is 5.92 Å². The number of carbonyl (C=O) groups is 1. The maximum absolute atomic E-state index is 12.6. The van der Waals surface area contributed by atoms with Gasteiger partial charge in [-0.1, -0.05) is 12.8 Å². The van der Waals surface area contributed by atoms with E-state index in [0.717, 1.165) is 51.4 Å². The topological polar surface area (TPSA) is 60.0 Å². The summed E-state index contributed by atoms with van der Waals surface area (Å²) in [6.07, 6.45) is 8.16.